The van der Waals surface area contributed by atoms with Crippen LogP contribution < -0.4 is 10.2 Å². The van der Waals surface area contributed by atoms with Gasteiger partial charge in [-0.3, -0.25) is 4.68 Å². The SMILES string of the molecule is C[C@@H]1CN(c2cc(F)c3nc(-c4cc5cn(C)nc5cc4O)ccc3c2)C[C@H](C)N1. The lowest BCUT2D eigenvalue weighted by Crippen LogP contribution is -2.54. The van der Waals surface area contributed by atoms with Crippen LogP contribution >= 0.6 is 0 Å². The van der Waals surface area contributed by atoms with Crippen molar-refractivity contribution in [3.05, 3.63) is 48.4 Å². The van der Waals surface area contributed by atoms with Crippen molar-refractivity contribution in [2.45, 2.75) is 25.9 Å². The van der Waals surface area contributed by atoms with Crippen LogP contribution in [0.4, 0.5) is 10.1 Å². The summed E-state index contributed by atoms with van der Waals surface area (Å²) in [5, 5.41) is 19.9. The second-order valence-electron chi connectivity index (χ2n) is 8.30. The van der Waals surface area contributed by atoms with Crippen molar-refractivity contribution in [1.29, 1.82) is 0 Å². The number of anilines is 1. The highest BCUT2D eigenvalue weighted by Gasteiger charge is 2.22. The monoisotopic (exact) mass is 405 g/mol. The lowest BCUT2D eigenvalue weighted by atomic mass is 10.1. The molecule has 6 nitrogen and oxygen atoms in total. The first kappa shape index (κ1) is 18.8. The predicted molar refractivity (Wildman–Crippen MR) is 117 cm³/mol. The molecule has 0 aliphatic carbocycles. The predicted octanol–water partition coefficient (Wildman–Crippen LogP) is 3.82. The van der Waals surface area contributed by atoms with E-state index in [2.05, 4.69) is 34.1 Å². The molecule has 1 aliphatic rings. The molecule has 1 fully saturated rings. The second-order valence-corrected chi connectivity index (χ2v) is 8.30. The zero-order valence-corrected chi connectivity index (χ0v) is 17.2. The van der Waals surface area contributed by atoms with Gasteiger partial charge in [-0.1, -0.05) is 6.07 Å². The largest absolute Gasteiger partial charge is 0.507 e. The first-order chi connectivity index (χ1) is 14.4. The van der Waals surface area contributed by atoms with Crippen LogP contribution in [0.2, 0.25) is 0 Å². The van der Waals surface area contributed by atoms with E-state index in [-0.39, 0.29) is 11.6 Å². The first-order valence-corrected chi connectivity index (χ1v) is 10.2. The third kappa shape index (κ3) is 3.25. The lowest BCUT2D eigenvalue weighted by Gasteiger charge is -2.37. The topological polar surface area (TPSA) is 66.2 Å². The number of fused-ring (bicyclic) bond motifs is 2. The standard InChI is InChI=1S/C23H24FN5O/c1-13-10-29(11-14(2)25-13)17-6-15-4-5-20(26-23(15)19(24)8-17)18-7-16-12-28(3)27-21(16)9-22(18)30/h4-9,12-14,25,30H,10-11H2,1-3H3/t13-,14+. The lowest BCUT2D eigenvalue weighted by molar-refractivity contribution is 0.407. The summed E-state index contributed by atoms with van der Waals surface area (Å²) in [6, 6.07) is 11.4. The molecular formula is C23H24FN5O. The van der Waals surface area contributed by atoms with E-state index in [9.17, 15) is 5.11 Å². The number of rotatable bonds is 2. The number of halogens is 1. The van der Waals surface area contributed by atoms with Gasteiger partial charge in [0.2, 0.25) is 0 Å². The summed E-state index contributed by atoms with van der Waals surface area (Å²) in [5.74, 6) is -0.279. The minimum atomic E-state index is -0.356. The molecule has 3 heterocycles. The number of phenols is 1. The number of nitrogens with zero attached hydrogens (tertiary/aromatic N) is 4. The summed E-state index contributed by atoms with van der Waals surface area (Å²) in [6.45, 7) is 5.94. The van der Waals surface area contributed by atoms with Gasteiger partial charge < -0.3 is 15.3 Å². The Kier molecular flexibility index (Phi) is 4.36. The van der Waals surface area contributed by atoms with Gasteiger partial charge in [0.1, 0.15) is 11.3 Å². The molecule has 2 aromatic carbocycles. The fraction of sp³-hybridized carbons (Fsp3) is 0.304. The van der Waals surface area contributed by atoms with E-state index < -0.39 is 0 Å². The smallest absolute Gasteiger partial charge is 0.151 e. The van der Waals surface area contributed by atoms with Crippen molar-refractivity contribution in [2.75, 3.05) is 18.0 Å². The molecule has 30 heavy (non-hydrogen) atoms. The summed E-state index contributed by atoms with van der Waals surface area (Å²) in [4.78, 5) is 6.76. The van der Waals surface area contributed by atoms with Gasteiger partial charge in [0.05, 0.1) is 11.2 Å². The second kappa shape index (κ2) is 6.95. The highest BCUT2D eigenvalue weighted by atomic mass is 19.1. The summed E-state index contributed by atoms with van der Waals surface area (Å²) < 4.78 is 16.8. The van der Waals surface area contributed by atoms with Crippen LogP contribution in [0.15, 0.2) is 42.6 Å². The van der Waals surface area contributed by atoms with E-state index >= 15 is 4.39 Å². The Labute approximate surface area is 173 Å². The molecule has 0 amide bonds. The van der Waals surface area contributed by atoms with Gasteiger partial charge >= 0.3 is 0 Å². The molecule has 0 saturated carbocycles. The molecular weight excluding hydrogens is 381 g/mol. The van der Waals surface area contributed by atoms with Gasteiger partial charge in [-0.15, -0.1) is 0 Å². The number of pyridine rings is 1. The van der Waals surface area contributed by atoms with E-state index in [0.29, 0.717) is 34.4 Å². The number of aromatic hydroxyl groups is 1. The highest BCUT2D eigenvalue weighted by Crippen LogP contribution is 2.34. The number of aryl methyl sites for hydroxylation is 1. The maximum atomic E-state index is 15.1. The molecule has 0 spiro atoms. The molecule has 154 valence electrons. The van der Waals surface area contributed by atoms with E-state index in [4.69, 9.17) is 0 Å². The van der Waals surface area contributed by atoms with Gasteiger partial charge in [0.15, 0.2) is 5.82 Å². The number of benzene rings is 2. The third-order valence-electron chi connectivity index (χ3n) is 5.67. The van der Waals surface area contributed by atoms with Gasteiger partial charge in [0.25, 0.3) is 0 Å². The number of hydrogen-bond donors (Lipinski definition) is 2. The van der Waals surface area contributed by atoms with Gasteiger partial charge in [-0.05, 0) is 38.1 Å². The Bertz CT molecular complexity index is 1260. The van der Waals surface area contributed by atoms with Crippen LogP contribution in [-0.4, -0.2) is 45.0 Å². The van der Waals surface area contributed by atoms with Crippen molar-refractivity contribution in [3.8, 4) is 17.0 Å². The Balaban J connectivity index is 1.57. The molecule has 0 unspecified atom stereocenters. The summed E-state index contributed by atoms with van der Waals surface area (Å²) in [5.41, 5.74) is 2.97. The molecule has 1 saturated heterocycles. The average molecular weight is 405 g/mol. The quantitative estimate of drug-likeness (QED) is 0.531. The van der Waals surface area contributed by atoms with Crippen molar-refractivity contribution in [1.82, 2.24) is 20.1 Å². The van der Waals surface area contributed by atoms with E-state index in [1.807, 2.05) is 37.5 Å². The van der Waals surface area contributed by atoms with Crippen molar-refractivity contribution in [2.24, 2.45) is 7.05 Å². The zero-order valence-electron chi connectivity index (χ0n) is 17.2. The Morgan fingerprint density at radius 2 is 1.83 bits per heavy atom. The molecule has 0 radical (unpaired) electrons. The van der Waals surface area contributed by atoms with Crippen LogP contribution in [0, 0.1) is 5.82 Å². The molecule has 2 atom stereocenters. The maximum absolute atomic E-state index is 15.1. The van der Waals surface area contributed by atoms with Crippen LogP contribution in [0.1, 0.15) is 13.8 Å². The summed E-state index contributed by atoms with van der Waals surface area (Å²) in [7, 11) is 1.83. The molecule has 1 aliphatic heterocycles. The van der Waals surface area contributed by atoms with Crippen LogP contribution in [-0.2, 0) is 7.05 Å². The van der Waals surface area contributed by atoms with Gasteiger partial charge in [-0.25, -0.2) is 9.37 Å². The normalized spacial score (nSPS) is 19.7. The van der Waals surface area contributed by atoms with E-state index in [1.165, 1.54) is 0 Å². The highest BCUT2D eigenvalue weighted by molar-refractivity contribution is 5.90. The Morgan fingerprint density at radius 3 is 2.60 bits per heavy atom. The molecule has 0 bridgehead atoms. The van der Waals surface area contributed by atoms with Crippen LogP contribution in [0.3, 0.4) is 0 Å². The number of phenolic OH excluding ortho intramolecular Hbond substituents is 1. The van der Waals surface area contributed by atoms with Gasteiger partial charge in [-0.2, -0.15) is 5.10 Å². The minimum absolute atomic E-state index is 0.0777. The van der Waals surface area contributed by atoms with Gasteiger partial charge in [0, 0.05) is 66.5 Å². The van der Waals surface area contributed by atoms with Crippen molar-refractivity contribution < 1.29 is 9.50 Å². The van der Waals surface area contributed by atoms with Crippen molar-refractivity contribution in [3.63, 3.8) is 0 Å². The van der Waals surface area contributed by atoms with Crippen LogP contribution in [0.25, 0.3) is 33.1 Å². The van der Waals surface area contributed by atoms with E-state index in [0.717, 1.165) is 29.5 Å². The van der Waals surface area contributed by atoms with Crippen molar-refractivity contribution >= 4 is 27.5 Å². The fourth-order valence-electron chi connectivity index (χ4n) is 4.44. The number of nitrogens with one attached hydrogen (secondary N) is 1. The average Bonchev–Trinajstić information content (AvgIpc) is 3.05. The minimum Gasteiger partial charge on any atom is -0.507 e. The molecule has 4 aromatic rings. The van der Waals surface area contributed by atoms with Crippen LogP contribution in [0.5, 0.6) is 5.75 Å². The third-order valence-corrected chi connectivity index (χ3v) is 5.67. The number of piperazine rings is 1. The first-order valence-electron chi connectivity index (χ1n) is 10.2. The molecule has 7 heteroatoms. The molecule has 2 aromatic heterocycles. The Hall–Kier alpha value is -3.19. The zero-order chi connectivity index (χ0) is 21.0. The maximum Gasteiger partial charge on any atom is 0.151 e. The summed E-state index contributed by atoms with van der Waals surface area (Å²) >= 11 is 0. The molecule has 2 N–H and O–H groups in total. The fourth-order valence-corrected chi connectivity index (χ4v) is 4.44. The Morgan fingerprint density at radius 1 is 1.07 bits per heavy atom. The van der Waals surface area contributed by atoms with E-state index in [1.54, 1.807) is 16.8 Å². The summed E-state index contributed by atoms with van der Waals surface area (Å²) in [6.07, 6.45) is 1.88. The number of hydrogen-bond acceptors (Lipinski definition) is 5. The number of aromatic nitrogens is 3. The molecule has 5 rings (SSSR count).